The van der Waals surface area contributed by atoms with E-state index in [2.05, 4.69) is 32.9 Å². The first-order chi connectivity index (χ1) is 24.1. The van der Waals surface area contributed by atoms with E-state index >= 15 is 4.79 Å². The number of para-hydroxylation sites is 1. The van der Waals surface area contributed by atoms with E-state index in [1.165, 1.54) is 0 Å². The van der Waals surface area contributed by atoms with E-state index in [-0.39, 0.29) is 48.6 Å². The summed E-state index contributed by atoms with van der Waals surface area (Å²) in [5.74, 6) is 0.211. The Morgan fingerprint density at radius 2 is 1.78 bits per heavy atom. The van der Waals surface area contributed by atoms with Crippen LogP contribution in [-0.2, 0) is 36.7 Å². The van der Waals surface area contributed by atoms with E-state index in [9.17, 15) is 14.7 Å². The number of anilines is 2. The maximum Gasteiger partial charge on any atom is 0.264 e. The van der Waals surface area contributed by atoms with Gasteiger partial charge in [0.15, 0.2) is 5.60 Å². The second-order valence-corrected chi connectivity index (χ2v) is 15.0. The van der Waals surface area contributed by atoms with E-state index in [4.69, 9.17) is 9.47 Å². The molecule has 3 saturated heterocycles. The molecule has 0 radical (unpaired) electrons. The summed E-state index contributed by atoms with van der Waals surface area (Å²) in [4.78, 5) is 47.3. The Morgan fingerprint density at radius 3 is 2.52 bits per heavy atom. The van der Waals surface area contributed by atoms with Crippen LogP contribution in [0.2, 0.25) is 0 Å². The summed E-state index contributed by atoms with van der Waals surface area (Å²) >= 11 is 0. The highest BCUT2D eigenvalue weighted by Crippen LogP contribution is 2.60. The van der Waals surface area contributed by atoms with Gasteiger partial charge >= 0.3 is 0 Å². The SMILES string of the molecule is COc1ccc(C(C)(C)[C@H]2[C@H](CC(=O)N3CCC[C@H]3CO)O[C@@]3(C(=O)N(Cc4cccc(N5CCCCC5=O)c4)c4ccccc43)[C@@H]2C)cc1. The summed E-state index contributed by atoms with van der Waals surface area (Å²) in [6, 6.07) is 23.7. The Labute approximate surface area is 295 Å². The molecular weight excluding hydrogens is 630 g/mol. The minimum atomic E-state index is -1.29. The molecule has 0 bridgehead atoms. The third-order valence-corrected chi connectivity index (χ3v) is 11.9. The predicted octanol–water partition coefficient (Wildman–Crippen LogP) is 5.96. The van der Waals surface area contributed by atoms with Gasteiger partial charge in [-0.25, -0.2) is 0 Å². The van der Waals surface area contributed by atoms with Crippen LogP contribution in [0.15, 0.2) is 72.8 Å². The number of rotatable bonds is 9. The van der Waals surface area contributed by atoms with Gasteiger partial charge in [0.1, 0.15) is 5.75 Å². The van der Waals surface area contributed by atoms with Crippen LogP contribution in [-0.4, -0.2) is 66.7 Å². The van der Waals surface area contributed by atoms with Gasteiger partial charge in [0.05, 0.1) is 44.5 Å². The van der Waals surface area contributed by atoms with Gasteiger partial charge in [-0.1, -0.05) is 63.2 Å². The molecular formula is C41H49N3O6. The van der Waals surface area contributed by atoms with Crippen molar-refractivity contribution in [1.29, 1.82) is 0 Å². The van der Waals surface area contributed by atoms with Crippen LogP contribution in [0.1, 0.15) is 76.0 Å². The van der Waals surface area contributed by atoms with Crippen molar-refractivity contribution in [3.63, 3.8) is 0 Å². The molecule has 1 spiro atoms. The van der Waals surface area contributed by atoms with Crippen LogP contribution >= 0.6 is 0 Å². The maximum absolute atomic E-state index is 15.1. The minimum Gasteiger partial charge on any atom is -0.497 e. The van der Waals surface area contributed by atoms with E-state index in [1.807, 2.05) is 70.5 Å². The second-order valence-electron chi connectivity index (χ2n) is 15.0. The van der Waals surface area contributed by atoms with Crippen molar-refractivity contribution in [2.45, 2.75) is 89.0 Å². The highest BCUT2D eigenvalue weighted by molar-refractivity contribution is 6.07. The highest BCUT2D eigenvalue weighted by Gasteiger charge is 2.66. The Balaban J connectivity index is 1.26. The minimum absolute atomic E-state index is 0.0500. The number of amides is 3. The van der Waals surface area contributed by atoms with Gasteiger partial charge < -0.3 is 29.3 Å². The second kappa shape index (κ2) is 13.5. The summed E-state index contributed by atoms with van der Waals surface area (Å²) in [5.41, 5.74) is 2.70. The van der Waals surface area contributed by atoms with Gasteiger partial charge in [-0.3, -0.25) is 14.4 Å². The van der Waals surface area contributed by atoms with E-state index in [0.717, 1.165) is 59.5 Å². The van der Waals surface area contributed by atoms with E-state index < -0.39 is 17.1 Å². The van der Waals surface area contributed by atoms with Crippen molar-refractivity contribution >= 4 is 29.1 Å². The molecule has 3 aromatic rings. The molecule has 3 aromatic carbocycles. The fourth-order valence-corrected chi connectivity index (χ4v) is 9.35. The first kappa shape index (κ1) is 34.2. The Kier molecular flexibility index (Phi) is 9.24. The number of aliphatic hydroxyl groups is 1. The zero-order valence-electron chi connectivity index (χ0n) is 29.6. The lowest BCUT2D eigenvalue weighted by Crippen LogP contribution is -2.46. The molecule has 0 aliphatic carbocycles. The normalized spacial score (nSPS) is 26.6. The molecule has 264 valence electrons. The summed E-state index contributed by atoms with van der Waals surface area (Å²) in [6.45, 7) is 8.04. The van der Waals surface area contributed by atoms with Crippen LogP contribution in [0.25, 0.3) is 0 Å². The van der Waals surface area contributed by atoms with Crippen molar-refractivity contribution in [1.82, 2.24) is 4.90 Å². The van der Waals surface area contributed by atoms with Crippen molar-refractivity contribution in [3.8, 4) is 5.75 Å². The molecule has 4 heterocycles. The number of carbonyl (C=O) groups excluding carboxylic acids is 3. The molecule has 0 saturated carbocycles. The zero-order valence-corrected chi connectivity index (χ0v) is 29.6. The summed E-state index contributed by atoms with van der Waals surface area (Å²) < 4.78 is 12.6. The van der Waals surface area contributed by atoms with Crippen molar-refractivity contribution in [2.75, 3.05) is 36.6 Å². The van der Waals surface area contributed by atoms with Crippen LogP contribution in [0.4, 0.5) is 11.4 Å². The number of fused-ring (bicyclic) bond motifs is 2. The first-order valence-electron chi connectivity index (χ1n) is 18.1. The molecule has 7 rings (SSSR count). The number of hydrogen-bond donors (Lipinski definition) is 1. The Bertz CT molecular complexity index is 1760. The first-order valence-corrected chi connectivity index (χ1v) is 18.1. The average molecular weight is 680 g/mol. The van der Waals surface area contributed by atoms with Crippen LogP contribution in [0.5, 0.6) is 5.75 Å². The summed E-state index contributed by atoms with van der Waals surface area (Å²) in [7, 11) is 1.65. The molecule has 3 fully saturated rings. The number of likely N-dealkylation sites (tertiary alicyclic amines) is 1. The smallest absolute Gasteiger partial charge is 0.264 e. The molecule has 3 amide bonds. The molecule has 9 heteroatoms. The largest absolute Gasteiger partial charge is 0.497 e. The van der Waals surface area contributed by atoms with E-state index in [0.29, 0.717) is 26.1 Å². The molecule has 0 aromatic heterocycles. The number of ether oxygens (including phenoxy) is 2. The number of carbonyl (C=O) groups is 3. The predicted molar refractivity (Wildman–Crippen MR) is 192 cm³/mol. The number of aliphatic hydroxyl groups excluding tert-OH is 1. The number of hydrogen-bond acceptors (Lipinski definition) is 6. The molecule has 9 nitrogen and oxygen atoms in total. The molecule has 4 aliphatic heterocycles. The number of piperidine rings is 1. The van der Waals surface area contributed by atoms with Crippen molar-refractivity contribution in [3.05, 3.63) is 89.5 Å². The average Bonchev–Trinajstić information content (AvgIpc) is 3.79. The lowest BCUT2D eigenvalue weighted by atomic mass is 9.63. The standard InChI is InChI=1S/C41H49N3O6/c1-27-38(40(2,3)29-17-19-32(49-4)20-18-29)35(24-37(47)43-22-10-13-31(43)26-45)50-41(27)33-14-5-6-15-34(33)44(39(41)48)25-28-11-9-12-30(23-28)42-21-8-7-16-36(42)46/h5-6,9,11-12,14-15,17-20,23,27,31,35,38,45H,7-8,10,13,16,21-22,24-26H2,1-4H3/t27-,31+,35+,38-,41+/m1/s1. The molecule has 50 heavy (non-hydrogen) atoms. The summed E-state index contributed by atoms with van der Waals surface area (Å²) in [5, 5.41) is 10.0. The van der Waals surface area contributed by atoms with Gasteiger partial charge in [0, 0.05) is 42.6 Å². The van der Waals surface area contributed by atoms with Crippen LogP contribution < -0.4 is 14.5 Å². The fourth-order valence-electron chi connectivity index (χ4n) is 9.35. The summed E-state index contributed by atoms with van der Waals surface area (Å²) in [6.07, 6.45) is 3.64. The Morgan fingerprint density at radius 1 is 1.00 bits per heavy atom. The third-order valence-electron chi connectivity index (χ3n) is 11.9. The lowest BCUT2D eigenvalue weighted by molar-refractivity contribution is -0.150. The van der Waals surface area contributed by atoms with E-state index in [1.54, 1.807) is 12.0 Å². The topological polar surface area (TPSA) is 99.6 Å². The number of nitrogens with zero attached hydrogens (tertiary/aromatic N) is 3. The fraction of sp³-hybridized carbons (Fsp3) is 0.488. The molecule has 4 aliphatic rings. The quantitative estimate of drug-likeness (QED) is 0.300. The molecule has 5 atom stereocenters. The molecule has 0 unspecified atom stereocenters. The third kappa shape index (κ3) is 5.68. The van der Waals surface area contributed by atoms with Gasteiger partial charge in [0.2, 0.25) is 11.8 Å². The van der Waals surface area contributed by atoms with Gasteiger partial charge in [-0.05, 0) is 72.6 Å². The zero-order chi connectivity index (χ0) is 35.2. The van der Waals surface area contributed by atoms with Gasteiger partial charge in [-0.2, -0.15) is 0 Å². The van der Waals surface area contributed by atoms with Crippen molar-refractivity contribution in [2.24, 2.45) is 11.8 Å². The maximum atomic E-state index is 15.1. The van der Waals surface area contributed by atoms with Crippen LogP contribution in [0.3, 0.4) is 0 Å². The molecule has 1 N–H and O–H groups in total. The number of benzene rings is 3. The van der Waals surface area contributed by atoms with Gasteiger partial charge in [-0.15, -0.1) is 0 Å². The monoisotopic (exact) mass is 679 g/mol. The number of methoxy groups -OCH3 is 1. The van der Waals surface area contributed by atoms with Gasteiger partial charge in [0.25, 0.3) is 5.91 Å². The highest BCUT2D eigenvalue weighted by atomic mass is 16.5. The Hall–Kier alpha value is -4.21. The lowest BCUT2D eigenvalue weighted by Gasteiger charge is -2.39. The van der Waals surface area contributed by atoms with Crippen LogP contribution in [0, 0.1) is 11.8 Å². The van der Waals surface area contributed by atoms with Crippen molar-refractivity contribution < 1.29 is 29.0 Å².